The number of rotatable bonds is 7. The number of nitrogens with zero attached hydrogens (tertiary/aromatic N) is 1. The Balaban J connectivity index is 2.25. The van der Waals surface area contributed by atoms with Crippen molar-refractivity contribution >= 4 is 33.1 Å². The number of benzene rings is 2. The molecular weight excluding hydrogens is 368 g/mol. The zero-order chi connectivity index (χ0) is 20.2. The molecule has 7 nitrogen and oxygen atoms in total. The molecule has 0 radical (unpaired) electrons. The van der Waals surface area contributed by atoms with Crippen molar-refractivity contribution in [3.63, 3.8) is 0 Å². The summed E-state index contributed by atoms with van der Waals surface area (Å²) >= 11 is 0. The predicted molar refractivity (Wildman–Crippen MR) is 105 cm³/mol. The van der Waals surface area contributed by atoms with Crippen molar-refractivity contribution < 1.29 is 22.7 Å². The zero-order valence-electron chi connectivity index (χ0n) is 15.6. The average Bonchev–Trinajstić information content (AvgIpc) is 2.59. The summed E-state index contributed by atoms with van der Waals surface area (Å²) in [6.07, 6.45) is 1.03. The third kappa shape index (κ3) is 5.30. The van der Waals surface area contributed by atoms with Gasteiger partial charge in [-0.15, -0.1) is 0 Å². The molecule has 0 aromatic heterocycles. The summed E-state index contributed by atoms with van der Waals surface area (Å²) in [5.41, 5.74) is 2.12. The SMILES string of the molecule is COc1ccc(C)cc1N(CC(=O)Nc1ccc(C(C)=O)cc1)S(C)(=O)=O. The number of carbonyl (C=O) groups is 2. The molecule has 0 fully saturated rings. The van der Waals surface area contributed by atoms with Crippen LogP contribution in [0.25, 0.3) is 0 Å². The number of sulfonamides is 1. The summed E-state index contributed by atoms with van der Waals surface area (Å²) in [6.45, 7) is 2.86. The van der Waals surface area contributed by atoms with Gasteiger partial charge in [0.25, 0.3) is 0 Å². The lowest BCUT2D eigenvalue weighted by molar-refractivity contribution is -0.114. The molecule has 1 N–H and O–H groups in total. The van der Waals surface area contributed by atoms with Crippen LogP contribution in [0.4, 0.5) is 11.4 Å². The van der Waals surface area contributed by atoms with Gasteiger partial charge in [-0.05, 0) is 55.8 Å². The molecule has 2 aromatic carbocycles. The fourth-order valence-electron chi connectivity index (χ4n) is 2.50. The van der Waals surface area contributed by atoms with Gasteiger partial charge in [0.2, 0.25) is 15.9 Å². The molecule has 2 rings (SSSR count). The highest BCUT2D eigenvalue weighted by Crippen LogP contribution is 2.30. The van der Waals surface area contributed by atoms with Crippen molar-refractivity contribution in [2.75, 3.05) is 29.5 Å². The van der Waals surface area contributed by atoms with Gasteiger partial charge in [-0.3, -0.25) is 13.9 Å². The number of Topliss-reactive ketones (excluding diaryl/α,β-unsaturated/α-hetero) is 1. The maximum absolute atomic E-state index is 12.4. The second-order valence-electron chi connectivity index (χ2n) is 6.13. The van der Waals surface area contributed by atoms with Crippen LogP contribution < -0.4 is 14.4 Å². The fourth-order valence-corrected chi connectivity index (χ4v) is 3.35. The first-order valence-electron chi connectivity index (χ1n) is 8.15. The monoisotopic (exact) mass is 390 g/mol. The van der Waals surface area contributed by atoms with Gasteiger partial charge in [-0.2, -0.15) is 0 Å². The van der Waals surface area contributed by atoms with E-state index in [-0.39, 0.29) is 5.78 Å². The summed E-state index contributed by atoms with van der Waals surface area (Å²) in [7, 11) is -2.29. The molecule has 0 bridgehead atoms. The first-order chi connectivity index (χ1) is 12.6. The van der Waals surface area contributed by atoms with E-state index in [0.29, 0.717) is 22.7 Å². The lowest BCUT2D eigenvalue weighted by Crippen LogP contribution is -2.37. The minimum Gasteiger partial charge on any atom is -0.495 e. The number of nitrogens with one attached hydrogen (secondary N) is 1. The van der Waals surface area contributed by atoms with Crippen LogP contribution >= 0.6 is 0 Å². The highest BCUT2D eigenvalue weighted by Gasteiger charge is 2.24. The van der Waals surface area contributed by atoms with Gasteiger partial charge in [0.1, 0.15) is 12.3 Å². The molecule has 0 aliphatic heterocycles. The zero-order valence-corrected chi connectivity index (χ0v) is 16.5. The van der Waals surface area contributed by atoms with Crippen molar-refractivity contribution in [3.05, 3.63) is 53.6 Å². The maximum Gasteiger partial charge on any atom is 0.245 e. The largest absolute Gasteiger partial charge is 0.495 e. The molecule has 1 amide bonds. The standard InChI is InChI=1S/C19H22N2O5S/c1-13-5-10-18(26-3)17(11-13)21(27(4,24)25)12-19(23)20-16-8-6-15(7-9-16)14(2)22/h5-11H,12H2,1-4H3,(H,20,23). The van der Waals surface area contributed by atoms with E-state index in [0.717, 1.165) is 16.1 Å². The van der Waals surface area contributed by atoms with Crippen molar-refractivity contribution in [2.24, 2.45) is 0 Å². The van der Waals surface area contributed by atoms with Crippen molar-refractivity contribution in [1.82, 2.24) is 0 Å². The van der Waals surface area contributed by atoms with Crippen LogP contribution in [-0.4, -0.2) is 40.0 Å². The summed E-state index contributed by atoms with van der Waals surface area (Å²) in [5.74, 6) is -0.244. The first kappa shape index (κ1) is 20.4. The molecule has 0 aliphatic rings. The van der Waals surface area contributed by atoms with Crippen molar-refractivity contribution in [1.29, 1.82) is 0 Å². The number of aryl methyl sites for hydroxylation is 1. The quantitative estimate of drug-likeness (QED) is 0.734. The summed E-state index contributed by atoms with van der Waals surface area (Å²) in [6, 6.07) is 11.5. The second kappa shape index (κ2) is 8.22. The molecule has 0 atom stereocenters. The van der Waals surface area contributed by atoms with Crippen molar-refractivity contribution in [3.8, 4) is 5.75 Å². The van der Waals surface area contributed by atoms with E-state index in [1.165, 1.54) is 14.0 Å². The number of amides is 1. The third-order valence-corrected chi connectivity index (χ3v) is 4.99. The Labute approximate surface area is 159 Å². The molecule has 0 spiro atoms. The number of methoxy groups -OCH3 is 1. The first-order valence-corrected chi connectivity index (χ1v) is 10.00. The van der Waals surface area contributed by atoms with Gasteiger partial charge in [0.15, 0.2) is 5.78 Å². The molecule has 0 unspecified atom stereocenters. The topological polar surface area (TPSA) is 92.8 Å². The highest BCUT2D eigenvalue weighted by molar-refractivity contribution is 7.92. The number of hydrogen-bond acceptors (Lipinski definition) is 5. The second-order valence-corrected chi connectivity index (χ2v) is 8.03. The normalized spacial score (nSPS) is 11.0. The van der Waals surface area contributed by atoms with E-state index in [1.54, 1.807) is 42.5 Å². The van der Waals surface area contributed by atoms with E-state index in [9.17, 15) is 18.0 Å². The van der Waals surface area contributed by atoms with E-state index in [1.807, 2.05) is 6.92 Å². The van der Waals surface area contributed by atoms with Gasteiger partial charge in [0, 0.05) is 11.3 Å². The van der Waals surface area contributed by atoms with Crippen LogP contribution in [0.15, 0.2) is 42.5 Å². The molecule has 144 valence electrons. The highest BCUT2D eigenvalue weighted by atomic mass is 32.2. The molecule has 0 saturated carbocycles. The Morgan fingerprint density at radius 1 is 1.11 bits per heavy atom. The molecule has 0 heterocycles. The predicted octanol–water partition coefficient (Wildman–Crippen LogP) is 2.61. The van der Waals surface area contributed by atoms with E-state index < -0.39 is 22.5 Å². The lowest BCUT2D eigenvalue weighted by atomic mass is 10.1. The molecule has 27 heavy (non-hydrogen) atoms. The average molecular weight is 390 g/mol. The van der Waals surface area contributed by atoms with Crippen LogP contribution in [0.2, 0.25) is 0 Å². The van der Waals surface area contributed by atoms with Gasteiger partial charge >= 0.3 is 0 Å². The Kier molecular flexibility index (Phi) is 6.22. The van der Waals surface area contributed by atoms with Crippen molar-refractivity contribution in [2.45, 2.75) is 13.8 Å². The number of anilines is 2. The Bertz CT molecular complexity index is 953. The molecule has 0 aliphatic carbocycles. The molecule has 8 heteroatoms. The minimum absolute atomic E-state index is 0.0809. The lowest BCUT2D eigenvalue weighted by Gasteiger charge is -2.24. The Hall–Kier alpha value is -2.87. The van der Waals surface area contributed by atoms with E-state index in [2.05, 4.69) is 5.32 Å². The summed E-state index contributed by atoms with van der Waals surface area (Å²) in [5, 5.41) is 2.64. The van der Waals surface area contributed by atoms with Gasteiger partial charge in [-0.25, -0.2) is 8.42 Å². The van der Waals surface area contributed by atoms with Crippen LogP contribution in [0, 0.1) is 6.92 Å². The van der Waals surface area contributed by atoms with Gasteiger partial charge in [-0.1, -0.05) is 6.07 Å². The number of hydrogen-bond donors (Lipinski definition) is 1. The Morgan fingerprint density at radius 3 is 2.26 bits per heavy atom. The van der Waals surface area contributed by atoms with E-state index >= 15 is 0 Å². The molecule has 2 aromatic rings. The fraction of sp³-hybridized carbons (Fsp3) is 0.263. The van der Waals surface area contributed by atoms with Crippen LogP contribution in [0.3, 0.4) is 0 Å². The van der Waals surface area contributed by atoms with Gasteiger partial charge in [0.05, 0.1) is 19.1 Å². The van der Waals surface area contributed by atoms with Crippen LogP contribution in [-0.2, 0) is 14.8 Å². The third-order valence-electron chi connectivity index (χ3n) is 3.87. The molecule has 0 saturated heterocycles. The maximum atomic E-state index is 12.4. The minimum atomic E-state index is -3.72. The summed E-state index contributed by atoms with van der Waals surface area (Å²) in [4.78, 5) is 23.7. The number of ether oxygens (including phenoxy) is 1. The van der Waals surface area contributed by atoms with Crippen LogP contribution in [0.1, 0.15) is 22.8 Å². The number of ketones is 1. The molecular formula is C19H22N2O5S. The number of carbonyl (C=O) groups excluding carboxylic acids is 2. The Morgan fingerprint density at radius 2 is 1.74 bits per heavy atom. The smallest absolute Gasteiger partial charge is 0.245 e. The van der Waals surface area contributed by atoms with E-state index in [4.69, 9.17) is 4.74 Å². The van der Waals surface area contributed by atoms with Gasteiger partial charge < -0.3 is 10.1 Å². The van der Waals surface area contributed by atoms with Crippen LogP contribution in [0.5, 0.6) is 5.75 Å². The summed E-state index contributed by atoms with van der Waals surface area (Å²) < 4.78 is 30.8.